The number of carbonyl (C=O) groups is 2. The highest BCUT2D eigenvalue weighted by Gasteiger charge is 2.28. The molecule has 1 aromatic carbocycles. The lowest BCUT2D eigenvalue weighted by molar-refractivity contribution is -0.138. The van der Waals surface area contributed by atoms with E-state index in [2.05, 4.69) is 24.4 Å². The van der Waals surface area contributed by atoms with Gasteiger partial charge in [0.15, 0.2) is 0 Å². The maximum absolute atomic E-state index is 12.4. The summed E-state index contributed by atoms with van der Waals surface area (Å²) in [6.45, 7) is 8.09. The number of hydrogen-bond donors (Lipinski definition) is 1. The van der Waals surface area contributed by atoms with Gasteiger partial charge in [0.05, 0.1) is 0 Å². The number of benzene rings is 1. The van der Waals surface area contributed by atoms with E-state index in [1.165, 1.54) is 5.56 Å². The topological polar surface area (TPSA) is 49.4 Å². The van der Waals surface area contributed by atoms with Crippen LogP contribution in [0, 0.1) is 11.8 Å². The molecule has 0 aromatic heterocycles. The van der Waals surface area contributed by atoms with Gasteiger partial charge in [-0.15, -0.1) is 0 Å². The third kappa shape index (κ3) is 4.83. The number of likely N-dealkylation sites (tertiary alicyclic amines) is 1. The first-order valence-electron chi connectivity index (χ1n) is 9.14. The second-order valence-corrected chi connectivity index (χ2v) is 7.02. The van der Waals surface area contributed by atoms with Gasteiger partial charge in [0.2, 0.25) is 11.8 Å². The van der Waals surface area contributed by atoms with Gasteiger partial charge in [0, 0.05) is 37.4 Å². The first-order chi connectivity index (χ1) is 11.5. The molecular formula is C20H30N2O2. The Bertz CT molecular complexity index is 534. The van der Waals surface area contributed by atoms with Crippen LogP contribution in [0.4, 0.5) is 0 Å². The normalized spacial score (nSPS) is 16.9. The van der Waals surface area contributed by atoms with E-state index in [-0.39, 0.29) is 23.7 Å². The van der Waals surface area contributed by atoms with Crippen molar-refractivity contribution in [3.8, 4) is 0 Å². The number of rotatable bonds is 6. The third-order valence-corrected chi connectivity index (χ3v) is 4.96. The quantitative estimate of drug-likeness (QED) is 0.871. The van der Waals surface area contributed by atoms with Gasteiger partial charge in [-0.2, -0.15) is 0 Å². The molecule has 0 radical (unpaired) electrons. The van der Waals surface area contributed by atoms with Gasteiger partial charge in [0.1, 0.15) is 0 Å². The van der Waals surface area contributed by atoms with Crippen LogP contribution in [0.2, 0.25) is 0 Å². The predicted molar refractivity (Wildman–Crippen MR) is 96.6 cm³/mol. The molecule has 24 heavy (non-hydrogen) atoms. The lowest BCUT2D eigenvalue weighted by Gasteiger charge is -2.32. The van der Waals surface area contributed by atoms with Gasteiger partial charge in [-0.1, -0.05) is 51.1 Å². The molecule has 1 aliphatic rings. The number of piperidine rings is 1. The molecular weight excluding hydrogens is 300 g/mol. The number of carbonyl (C=O) groups excluding carboxylic acids is 2. The highest BCUT2D eigenvalue weighted by atomic mass is 16.2. The molecule has 1 fully saturated rings. The fourth-order valence-electron chi connectivity index (χ4n) is 3.32. The van der Waals surface area contributed by atoms with Gasteiger partial charge in [-0.3, -0.25) is 9.59 Å². The molecule has 1 atom stereocenters. The summed E-state index contributed by atoms with van der Waals surface area (Å²) in [6.07, 6.45) is 2.55. The number of amides is 2. The molecule has 132 valence electrons. The Hall–Kier alpha value is -1.84. The van der Waals surface area contributed by atoms with Crippen molar-refractivity contribution in [3.05, 3.63) is 35.9 Å². The molecule has 4 heteroatoms. The van der Waals surface area contributed by atoms with Crippen LogP contribution >= 0.6 is 0 Å². The minimum absolute atomic E-state index is 0.0339. The third-order valence-electron chi connectivity index (χ3n) is 4.96. The summed E-state index contributed by atoms with van der Waals surface area (Å²) in [6, 6.07) is 10.3. The van der Waals surface area contributed by atoms with Crippen molar-refractivity contribution in [1.82, 2.24) is 10.2 Å². The molecule has 2 rings (SSSR count). The van der Waals surface area contributed by atoms with Gasteiger partial charge >= 0.3 is 0 Å². The van der Waals surface area contributed by atoms with E-state index in [9.17, 15) is 9.59 Å². The fraction of sp³-hybridized carbons (Fsp3) is 0.600. The second kappa shape index (κ2) is 8.86. The molecule has 1 unspecified atom stereocenters. The Labute approximate surface area is 145 Å². The maximum Gasteiger partial charge on any atom is 0.225 e. The zero-order chi connectivity index (χ0) is 17.5. The highest BCUT2D eigenvalue weighted by molar-refractivity contribution is 5.80. The average molecular weight is 330 g/mol. The molecule has 1 saturated heterocycles. The monoisotopic (exact) mass is 330 g/mol. The molecule has 0 saturated carbocycles. The summed E-state index contributed by atoms with van der Waals surface area (Å²) in [7, 11) is 0. The average Bonchev–Trinajstić information content (AvgIpc) is 2.62. The largest absolute Gasteiger partial charge is 0.355 e. The first-order valence-corrected chi connectivity index (χ1v) is 9.14. The molecule has 2 amide bonds. The van der Waals surface area contributed by atoms with Gasteiger partial charge in [-0.25, -0.2) is 0 Å². The predicted octanol–water partition coefficient (Wildman–Crippen LogP) is 3.19. The number of nitrogens with one attached hydrogen (secondary N) is 1. The van der Waals surface area contributed by atoms with E-state index in [4.69, 9.17) is 0 Å². The van der Waals surface area contributed by atoms with E-state index in [0.29, 0.717) is 25.6 Å². The van der Waals surface area contributed by atoms with Crippen molar-refractivity contribution in [3.63, 3.8) is 0 Å². The van der Waals surface area contributed by atoms with Crippen LogP contribution in [0.1, 0.15) is 51.5 Å². The Kier molecular flexibility index (Phi) is 6.83. The second-order valence-electron chi connectivity index (χ2n) is 7.02. The Morgan fingerprint density at radius 3 is 2.33 bits per heavy atom. The summed E-state index contributed by atoms with van der Waals surface area (Å²) >= 11 is 0. The summed E-state index contributed by atoms with van der Waals surface area (Å²) in [5.74, 6) is 0.767. The lowest BCUT2D eigenvalue weighted by Crippen LogP contribution is -2.44. The molecule has 1 aromatic rings. The van der Waals surface area contributed by atoms with E-state index >= 15 is 0 Å². The minimum Gasteiger partial charge on any atom is -0.355 e. The molecule has 1 heterocycles. The SMILES string of the molecule is CCC(CNC(=O)C1CCN(C(=O)C(C)C)CC1)c1ccccc1. The van der Waals surface area contributed by atoms with Gasteiger partial charge in [-0.05, 0) is 24.8 Å². The van der Waals surface area contributed by atoms with E-state index < -0.39 is 0 Å². The van der Waals surface area contributed by atoms with Crippen LogP contribution in [0.25, 0.3) is 0 Å². The van der Waals surface area contributed by atoms with E-state index in [1.807, 2.05) is 36.9 Å². The highest BCUT2D eigenvalue weighted by Crippen LogP contribution is 2.21. The van der Waals surface area contributed by atoms with Crippen LogP contribution in [0.15, 0.2) is 30.3 Å². The number of hydrogen-bond acceptors (Lipinski definition) is 2. The van der Waals surface area contributed by atoms with Gasteiger partial charge in [0.25, 0.3) is 0 Å². The van der Waals surface area contributed by atoms with E-state index in [0.717, 1.165) is 19.3 Å². The standard InChI is InChI=1S/C20H30N2O2/c1-4-16(17-8-6-5-7-9-17)14-21-19(23)18-10-12-22(13-11-18)20(24)15(2)3/h5-9,15-16,18H,4,10-14H2,1-3H3,(H,21,23). The maximum atomic E-state index is 12.4. The van der Waals surface area contributed by atoms with Crippen molar-refractivity contribution < 1.29 is 9.59 Å². The molecule has 1 N–H and O–H groups in total. The Balaban J connectivity index is 1.80. The molecule has 1 aliphatic heterocycles. The lowest BCUT2D eigenvalue weighted by atomic mass is 9.93. The van der Waals surface area contributed by atoms with Crippen molar-refractivity contribution in [2.75, 3.05) is 19.6 Å². The molecule has 0 spiro atoms. The van der Waals surface area contributed by atoms with Crippen LogP contribution < -0.4 is 5.32 Å². The minimum atomic E-state index is 0.0339. The van der Waals surface area contributed by atoms with Crippen LogP contribution in [0.3, 0.4) is 0 Å². The first kappa shape index (κ1) is 18.5. The van der Waals surface area contributed by atoms with Gasteiger partial charge < -0.3 is 10.2 Å². The van der Waals surface area contributed by atoms with Crippen molar-refractivity contribution in [2.45, 2.75) is 46.0 Å². The zero-order valence-electron chi connectivity index (χ0n) is 15.1. The van der Waals surface area contributed by atoms with Crippen LogP contribution in [0.5, 0.6) is 0 Å². The summed E-state index contributed by atoms with van der Waals surface area (Å²) in [5.41, 5.74) is 1.28. The summed E-state index contributed by atoms with van der Waals surface area (Å²) < 4.78 is 0. The summed E-state index contributed by atoms with van der Waals surface area (Å²) in [4.78, 5) is 26.4. The molecule has 0 aliphatic carbocycles. The Morgan fingerprint density at radius 2 is 1.79 bits per heavy atom. The van der Waals surface area contributed by atoms with Crippen LogP contribution in [-0.4, -0.2) is 36.3 Å². The molecule has 0 bridgehead atoms. The summed E-state index contributed by atoms with van der Waals surface area (Å²) in [5, 5.41) is 3.13. The van der Waals surface area contributed by atoms with Crippen molar-refractivity contribution in [1.29, 1.82) is 0 Å². The molecule has 4 nitrogen and oxygen atoms in total. The number of nitrogens with zero attached hydrogens (tertiary/aromatic N) is 1. The van der Waals surface area contributed by atoms with Crippen molar-refractivity contribution in [2.24, 2.45) is 11.8 Å². The fourth-order valence-corrected chi connectivity index (χ4v) is 3.32. The van der Waals surface area contributed by atoms with Crippen LogP contribution in [-0.2, 0) is 9.59 Å². The zero-order valence-corrected chi connectivity index (χ0v) is 15.1. The Morgan fingerprint density at radius 1 is 1.17 bits per heavy atom. The smallest absolute Gasteiger partial charge is 0.225 e. The van der Waals surface area contributed by atoms with Crippen molar-refractivity contribution >= 4 is 11.8 Å². The van der Waals surface area contributed by atoms with E-state index in [1.54, 1.807) is 0 Å².